The molecule has 5 heteroatoms. The van der Waals surface area contributed by atoms with Gasteiger partial charge in [0.15, 0.2) is 0 Å². The molecule has 0 spiro atoms. The lowest BCUT2D eigenvalue weighted by Crippen LogP contribution is -2.23. The van der Waals surface area contributed by atoms with Gasteiger partial charge in [-0.1, -0.05) is 51.8 Å². The van der Waals surface area contributed by atoms with Crippen LogP contribution in [-0.4, -0.2) is 11.0 Å². The number of carbonyl (C=O) groups excluding carboxylic acids is 1. The van der Waals surface area contributed by atoms with Crippen molar-refractivity contribution in [1.29, 1.82) is 0 Å². The Morgan fingerprint density at radius 1 is 1.15 bits per heavy atom. The van der Waals surface area contributed by atoms with Gasteiger partial charge in [-0.15, -0.1) is 0 Å². The van der Waals surface area contributed by atoms with Crippen LogP contribution in [0.5, 0.6) is 0 Å². The number of rotatable bonds is 4. The fourth-order valence-electron chi connectivity index (χ4n) is 1.71. The molecule has 0 aliphatic carbocycles. The number of amides is 1. The van der Waals surface area contributed by atoms with Gasteiger partial charge in [0.2, 0.25) is 0 Å². The Bertz CT molecular complexity index is 614. The van der Waals surface area contributed by atoms with Gasteiger partial charge in [-0.2, -0.15) is 0 Å². The maximum atomic E-state index is 12.1. The largest absolute Gasteiger partial charge is 0.392 e. The summed E-state index contributed by atoms with van der Waals surface area (Å²) in [5.74, 6) is -0.220. The highest BCUT2D eigenvalue weighted by molar-refractivity contribution is 9.10. The van der Waals surface area contributed by atoms with Crippen LogP contribution in [0.25, 0.3) is 0 Å². The van der Waals surface area contributed by atoms with Crippen LogP contribution < -0.4 is 5.32 Å². The smallest absolute Gasteiger partial charge is 0.253 e. The van der Waals surface area contributed by atoms with Crippen LogP contribution in [0.3, 0.4) is 0 Å². The topological polar surface area (TPSA) is 49.3 Å². The molecule has 20 heavy (non-hydrogen) atoms. The number of halogens is 2. The zero-order chi connectivity index (χ0) is 14.5. The summed E-state index contributed by atoms with van der Waals surface area (Å²) < 4.78 is 0.805. The molecule has 0 aliphatic heterocycles. The van der Waals surface area contributed by atoms with Crippen LogP contribution in [0.1, 0.15) is 21.5 Å². The highest BCUT2D eigenvalue weighted by Gasteiger charge is 2.10. The van der Waals surface area contributed by atoms with Gasteiger partial charge in [-0.3, -0.25) is 4.79 Å². The summed E-state index contributed by atoms with van der Waals surface area (Å²) in [6.45, 7) is 0.424. The highest BCUT2D eigenvalue weighted by atomic mass is 79.9. The predicted octanol–water partition coefficient (Wildman–Crippen LogP) is 3.52. The zero-order valence-corrected chi connectivity index (χ0v) is 12.9. The summed E-state index contributed by atoms with van der Waals surface area (Å²) in [5, 5.41) is 12.2. The molecule has 0 fully saturated rings. The monoisotopic (exact) mass is 353 g/mol. The number of nitrogens with one attached hydrogen (secondary N) is 1. The summed E-state index contributed by atoms with van der Waals surface area (Å²) in [6.07, 6.45) is 0. The first kappa shape index (κ1) is 15.0. The van der Waals surface area contributed by atoms with Crippen LogP contribution in [-0.2, 0) is 13.2 Å². The Balaban J connectivity index is 2.02. The Kier molecular flexibility index (Phi) is 5.17. The fraction of sp³-hybridized carbons (Fsp3) is 0.133. The van der Waals surface area contributed by atoms with E-state index in [1.165, 1.54) is 0 Å². The van der Waals surface area contributed by atoms with E-state index in [2.05, 4.69) is 21.2 Å². The number of aliphatic hydroxyl groups excluding tert-OH is 1. The Morgan fingerprint density at radius 3 is 2.45 bits per heavy atom. The number of aliphatic hydroxyl groups is 1. The average molecular weight is 355 g/mol. The van der Waals surface area contributed by atoms with Gasteiger partial charge in [-0.05, 0) is 29.3 Å². The number of hydrogen-bond acceptors (Lipinski definition) is 2. The summed E-state index contributed by atoms with van der Waals surface area (Å²) in [5.41, 5.74) is 2.24. The average Bonchev–Trinajstić information content (AvgIpc) is 2.47. The van der Waals surface area contributed by atoms with E-state index >= 15 is 0 Å². The van der Waals surface area contributed by atoms with Crippen LogP contribution in [0.2, 0.25) is 5.02 Å². The molecule has 0 saturated carbocycles. The van der Waals surface area contributed by atoms with E-state index in [1.807, 2.05) is 24.3 Å². The lowest BCUT2D eigenvalue weighted by Gasteiger charge is -2.08. The number of hydrogen-bond donors (Lipinski definition) is 2. The molecule has 0 unspecified atom stereocenters. The predicted molar refractivity (Wildman–Crippen MR) is 82.7 cm³/mol. The maximum absolute atomic E-state index is 12.1. The maximum Gasteiger partial charge on any atom is 0.253 e. The Hall–Kier alpha value is -1.36. The van der Waals surface area contributed by atoms with Crippen molar-refractivity contribution in [3.8, 4) is 0 Å². The van der Waals surface area contributed by atoms with Crippen molar-refractivity contribution in [1.82, 2.24) is 5.32 Å². The molecule has 1 amide bonds. The summed E-state index contributed by atoms with van der Waals surface area (Å²) in [4.78, 5) is 12.1. The van der Waals surface area contributed by atoms with Gasteiger partial charge in [0.1, 0.15) is 0 Å². The first-order chi connectivity index (χ1) is 9.60. The molecule has 0 radical (unpaired) electrons. The second-order valence-electron chi connectivity index (χ2n) is 4.28. The van der Waals surface area contributed by atoms with E-state index in [0.717, 1.165) is 15.6 Å². The molecular weight excluding hydrogens is 342 g/mol. The Morgan fingerprint density at radius 2 is 1.80 bits per heavy atom. The standard InChI is InChI=1S/C15H13BrClNO2/c16-12-5-6-14(17)13(7-12)15(20)18-8-10-1-3-11(9-19)4-2-10/h1-7,19H,8-9H2,(H,18,20). The SMILES string of the molecule is O=C(NCc1ccc(CO)cc1)c1cc(Br)ccc1Cl. The molecule has 3 nitrogen and oxygen atoms in total. The molecule has 0 saturated heterocycles. The van der Waals surface area contributed by atoms with Gasteiger partial charge in [-0.25, -0.2) is 0 Å². The van der Waals surface area contributed by atoms with Crippen LogP contribution >= 0.6 is 27.5 Å². The third kappa shape index (κ3) is 3.82. The Labute approximate surface area is 130 Å². The molecule has 0 bridgehead atoms. The molecule has 2 aromatic carbocycles. The van der Waals surface area contributed by atoms with Gasteiger partial charge in [0.25, 0.3) is 5.91 Å². The van der Waals surface area contributed by atoms with Crippen LogP contribution in [0.4, 0.5) is 0 Å². The van der Waals surface area contributed by atoms with E-state index in [1.54, 1.807) is 18.2 Å². The second-order valence-corrected chi connectivity index (χ2v) is 5.60. The quantitative estimate of drug-likeness (QED) is 0.882. The van der Waals surface area contributed by atoms with Gasteiger partial charge >= 0.3 is 0 Å². The molecule has 2 N–H and O–H groups in total. The van der Waals surface area contributed by atoms with E-state index in [0.29, 0.717) is 17.1 Å². The van der Waals surface area contributed by atoms with Crippen LogP contribution in [0, 0.1) is 0 Å². The van der Waals surface area contributed by atoms with E-state index in [-0.39, 0.29) is 12.5 Å². The van der Waals surface area contributed by atoms with Crippen molar-refractivity contribution in [2.24, 2.45) is 0 Å². The van der Waals surface area contributed by atoms with Crippen molar-refractivity contribution >= 4 is 33.4 Å². The minimum absolute atomic E-state index is 0.0142. The normalized spacial score (nSPS) is 10.3. The molecule has 0 atom stereocenters. The van der Waals surface area contributed by atoms with E-state index in [9.17, 15) is 4.79 Å². The van der Waals surface area contributed by atoms with Crippen LogP contribution in [0.15, 0.2) is 46.9 Å². The zero-order valence-electron chi connectivity index (χ0n) is 10.6. The molecule has 0 aromatic heterocycles. The second kappa shape index (κ2) is 6.88. The summed E-state index contributed by atoms with van der Waals surface area (Å²) in [6, 6.07) is 12.5. The summed E-state index contributed by atoms with van der Waals surface area (Å²) >= 11 is 9.32. The van der Waals surface area contributed by atoms with Crippen molar-refractivity contribution < 1.29 is 9.90 Å². The number of benzene rings is 2. The first-order valence-electron chi connectivity index (χ1n) is 6.02. The fourth-order valence-corrected chi connectivity index (χ4v) is 2.28. The van der Waals surface area contributed by atoms with Crippen molar-refractivity contribution in [3.63, 3.8) is 0 Å². The molecule has 104 valence electrons. The van der Waals surface area contributed by atoms with Crippen molar-refractivity contribution in [2.75, 3.05) is 0 Å². The summed E-state index contributed by atoms with van der Waals surface area (Å²) in [7, 11) is 0. The molecular formula is C15H13BrClNO2. The molecule has 0 heterocycles. The lowest BCUT2D eigenvalue weighted by atomic mass is 10.1. The van der Waals surface area contributed by atoms with Gasteiger partial charge < -0.3 is 10.4 Å². The third-order valence-electron chi connectivity index (χ3n) is 2.83. The van der Waals surface area contributed by atoms with Crippen molar-refractivity contribution in [3.05, 3.63) is 68.7 Å². The molecule has 2 rings (SSSR count). The van der Waals surface area contributed by atoms with E-state index < -0.39 is 0 Å². The highest BCUT2D eigenvalue weighted by Crippen LogP contribution is 2.21. The molecule has 2 aromatic rings. The van der Waals surface area contributed by atoms with Crippen molar-refractivity contribution in [2.45, 2.75) is 13.2 Å². The molecule has 0 aliphatic rings. The van der Waals surface area contributed by atoms with Gasteiger partial charge in [0.05, 0.1) is 17.2 Å². The van der Waals surface area contributed by atoms with E-state index in [4.69, 9.17) is 16.7 Å². The van der Waals surface area contributed by atoms with Gasteiger partial charge in [0, 0.05) is 11.0 Å². The first-order valence-corrected chi connectivity index (χ1v) is 7.19. The minimum atomic E-state index is -0.220. The number of carbonyl (C=O) groups is 1. The lowest BCUT2D eigenvalue weighted by molar-refractivity contribution is 0.0951. The third-order valence-corrected chi connectivity index (χ3v) is 3.65. The minimum Gasteiger partial charge on any atom is -0.392 e.